The second-order valence-electron chi connectivity index (χ2n) is 14.7. The Bertz CT molecular complexity index is 1010. The number of amides is 1. The highest BCUT2D eigenvalue weighted by Crippen LogP contribution is 2.68. The first-order valence-corrected chi connectivity index (χ1v) is 17.7. The minimum Gasteiger partial charge on any atom is -0.393 e. The Balaban J connectivity index is 1.26. The number of aliphatic hydroxyl groups excluding tert-OH is 3. The molecule has 238 valence electrons. The van der Waals surface area contributed by atoms with Crippen LogP contribution in [0.15, 0.2) is 0 Å². The fourth-order valence-electron chi connectivity index (χ4n) is 9.99. The first-order chi connectivity index (χ1) is 19.2. The zero-order valence-electron chi connectivity index (χ0n) is 25.7. The molecule has 0 saturated heterocycles. The SMILES string of the molecule is C[C@H](CCC(=O)NCCCN(C)CCCS(=O)(=O)O)C1CC[C@H]2[C@@H]3[C@H](O)C[C@@H]4C[C@H](O)CC[C@]4(C)[C@H]3C[C@H](O)[C@]12C. The van der Waals surface area contributed by atoms with Gasteiger partial charge in [-0.25, -0.2) is 0 Å². The van der Waals surface area contributed by atoms with Gasteiger partial charge >= 0.3 is 0 Å². The first kappa shape index (κ1) is 33.1. The summed E-state index contributed by atoms with van der Waals surface area (Å²) in [7, 11) is -2.02. The van der Waals surface area contributed by atoms with E-state index >= 15 is 0 Å². The lowest BCUT2D eigenvalue weighted by Gasteiger charge is -2.63. The van der Waals surface area contributed by atoms with Crippen molar-refractivity contribution in [3.8, 4) is 0 Å². The van der Waals surface area contributed by atoms with Crippen LogP contribution in [0.5, 0.6) is 0 Å². The van der Waals surface area contributed by atoms with Crippen LogP contribution in [-0.2, 0) is 14.9 Å². The Kier molecular flexibility index (Phi) is 10.6. The first-order valence-electron chi connectivity index (χ1n) is 16.1. The molecule has 0 aromatic rings. The number of rotatable bonds is 12. The Morgan fingerprint density at radius 3 is 2.44 bits per heavy atom. The molecule has 0 aromatic carbocycles. The lowest BCUT2D eigenvalue weighted by atomic mass is 9.43. The number of hydrogen-bond acceptors (Lipinski definition) is 7. The van der Waals surface area contributed by atoms with Gasteiger partial charge in [0.1, 0.15) is 0 Å². The maximum Gasteiger partial charge on any atom is 0.264 e. The molecule has 0 bridgehead atoms. The van der Waals surface area contributed by atoms with Crippen molar-refractivity contribution in [2.45, 2.75) is 110 Å². The van der Waals surface area contributed by atoms with Gasteiger partial charge in [0, 0.05) is 13.0 Å². The van der Waals surface area contributed by atoms with Crippen molar-refractivity contribution >= 4 is 16.0 Å². The van der Waals surface area contributed by atoms with Gasteiger partial charge in [-0.3, -0.25) is 9.35 Å². The molecule has 1 unspecified atom stereocenters. The summed E-state index contributed by atoms with van der Waals surface area (Å²) in [6.45, 7) is 8.71. The molecule has 11 atom stereocenters. The highest BCUT2D eigenvalue weighted by atomic mass is 32.2. The van der Waals surface area contributed by atoms with Crippen LogP contribution in [0.2, 0.25) is 0 Å². The molecule has 0 aromatic heterocycles. The number of fused-ring (bicyclic) bond motifs is 5. The molecule has 0 heterocycles. The molecule has 4 fully saturated rings. The summed E-state index contributed by atoms with van der Waals surface area (Å²) < 4.78 is 30.5. The van der Waals surface area contributed by atoms with Crippen LogP contribution in [0.4, 0.5) is 0 Å². The molecular weight excluding hydrogens is 544 g/mol. The van der Waals surface area contributed by atoms with Gasteiger partial charge in [0.15, 0.2) is 0 Å². The van der Waals surface area contributed by atoms with Gasteiger partial charge < -0.3 is 25.5 Å². The molecule has 0 aliphatic heterocycles. The van der Waals surface area contributed by atoms with Crippen molar-refractivity contribution in [2.75, 3.05) is 32.4 Å². The normalized spacial score (nSPS) is 41.4. The average Bonchev–Trinajstić information content (AvgIpc) is 3.24. The van der Waals surface area contributed by atoms with Crippen LogP contribution in [0.25, 0.3) is 0 Å². The zero-order chi connectivity index (χ0) is 30.2. The van der Waals surface area contributed by atoms with Crippen molar-refractivity contribution in [1.82, 2.24) is 10.2 Å². The molecule has 0 spiro atoms. The highest BCUT2D eigenvalue weighted by molar-refractivity contribution is 7.85. The summed E-state index contributed by atoms with van der Waals surface area (Å²) >= 11 is 0. The van der Waals surface area contributed by atoms with Gasteiger partial charge in [0.05, 0.1) is 24.1 Å². The monoisotopic (exact) mass is 600 g/mol. The van der Waals surface area contributed by atoms with E-state index in [0.717, 1.165) is 64.3 Å². The van der Waals surface area contributed by atoms with Gasteiger partial charge in [-0.1, -0.05) is 20.8 Å². The van der Waals surface area contributed by atoms with Crippen LogP contribution >= 0.6 is 0 Å². The van der Waals surface area contributed by atoms with Crippen molar-refractivity contribution in [3.63, 3.8) is 0 Å². The second kappa shape index (κ2) is 13.1. The Morgan fingerprint density at radius 2 is 1.73 bits per heavy atom. The van der Waals surface area contributed by atoms with Crippen LogP contribution in [0, 0.1) is 46.3 Å². The quantitative estimate of drug-likeness (QED) is 0.170. The van der Waals surface area contributed by atoms with E-state index in [1.807, 2.05) is 11.9 Å². The Hall–Kier alpha value is -0.780. The van der Waals surface area contributed by atoms with Gasteiger partial charge in [-0.2, -0.15) is 8.42 Å². The molecule has 4 saturated carbocycles. The van der Waals surface area contributed by atoms with Crippen LogP contribution in [0.3, 0.4) is 0 Å². The molecule has 1 amide bonds. The topological polar surface area (TPSA) is 147 Å². The zero-order valence-corrected chi connectivity index (χ0v) is 26.5. The van der Waals surface area contributed by atoms with E-state index in [0.29, 0.717) is 49.6 Å². The van der Waals surface area contributed by atoms with Crippen molar-refractivity contribution in [1.29, 1.82) is 0 Å². The van der Waals surface area contributed by atoms with Gasteiger partial charge in [-0.05, 0) is 131 Å². The third-order valence-electron chi connectivity index (χ3n) is 12.3. The third-order valence-corrected chi connectivity index (χ3v) is 13.1. The largest absolute Gasteiger partial charge is 0.393 e. The predicted octanol–water partition coefficient (Wildman–Crippen LogP) is 3.08. The van der Waals surface area contributed by atoms with Crippen molar-refractivity contribution < 1.29 is 33.1 Å². The van der Waals surface area contributed by atoms with Gasteiger partial charge in [0.2, 0.25) is 5.91 Å². The molecule has 5 N–H and O–H groups in total. The number of nitrogens with zero attached hydrogens (tertiary/aromatic N) is 1. The average molecular weight is 601 g/mol. The van der Waals surface area contributed by atoms with Gasteiger partial charge in [-0.15, -0.1) is 0 Å². The molecule has 4 aliphatic carbocycles. The second-order valence-corrected chi connectivity index (χ2v) is 16.3. The number of carbonyl (C=O) groups excluding carboxylic acids is 1. The fraction of sp³-hybridized carbons (Fsp3) is 0.968. The van der Waals surface area contributed by atoms with E-state index in [2.05, 4.69) is 26.1 Å². The molecule has 4 aliphatic rings. The predicted molar refractivity (Wildman–Crippen MR) is 159 cm³/mol. The van der Waals surface area contributed by atoms with Crippen LogP contribution < -0.4 is 5.32 Å². The summed E-state index contributed by atoms with van der Waals surface area (Å²) in [5, 5.41) is 36.5. The maximum atomic E-state index is 12.6. The lowest BCUT2D eigenvalue weighted by Crippen LogP contribution is -2.62. The summed E-state index contributed by atoms with van der Waals surface area (Å²) in [5.74, 6) is 1.51. The van der Waals surface area contributed by atoms with Gasteiger partial charge in [0.25, 0.3) is 10.1 Å². The molecular formula is C31H56N2O7S. The highest BCUT2D eigenvalue weighted by Gasteiger charge is 2.65. The van der Waals surface area contributed by atoms with E-state index in [-0.39, 0.29) is 46.5 Å². The minimum absolute atomic E-state index is 0.0380. The summed E-state index contributed by atoms with van der Waals surface area (Å²) in [6, 6.07) is 0. The van der Waals surface area contributed by atoms with E-state index < -0.39 is 16.2 Å². The number of hydrogen-bond donors (Lipinski definition) is 5. The third kappa shape index (κ3) is 7.14. The molecule has 9 nitrogen and oxygen atoms in total. The number of nitrogens with one attached hydrogen (secondary N) is 1. The molecule has 41 heavy (non-hydrogen) atoms. The standard InChI is InChI=1S/C31H56N2O7S/c1-20(7-10-28(37)32-13-5-14-33(4)15-6-16-41(38,39)40)23-8-9-24-29-25(19-27(36)31(23,24)3)30(2)12-11-22(34)17-21(30)18-26(29)35/h20-27,29,34-36H,5-19H2,1-4H3,(H,32,37)(H,38,39,40)/t20-,21+,22-,23?,24+,25+,26-,27+,29+,30+,31-/m1/s1. The van der Waals surface area contributed by atoms with Crippen LogP contribution in [0.1, 0.15) is 91.4 Å². The van der Waals surface area contributed by atoms with Crippen LogP contribution in [-0.4, -0.2) is 89.8 Å². The molecule has 10 heteroatoms. The summed E-state index contributed by atoms with van der Waals surface area (Å²) in [6.07, 6.45) is 7.41. The van der Waals surface area contributed by atoms with E-state index in [1.165, 1.54) is 0 Å². The van der Waals surface area contributed by atoms with Crippen molar-refractivity contribution in [2.24, 2.45) is 46.3 Å². The summed E-state index contributed by atoms with van der Waals surface area (Å²) in [5.41, 5.74) is -0.183. The van der Waals surface area contributed by atoms with E-state index in [9.17, 15) is 28.5 Å². The Labute approximate surface area is 247 Å². The smallest absolute Gasteiger partial charge is 0.264 e. The lowest BCUT2D eigenvalue weighted by molar-refractivity contribution is -0.207. The molecule has 0 radical (unpaired) electrons. The van der Waals surface area contributed by atoms with E-state index in [4.69, 9.17) is 4.55 Å². The van der Waals surface area contributed by atoms with E-state index in [1.54, 1.807) is 0 Å². The number of aliphatic hydroxyl groups is 3. The maximum absolute atomic E-state index is 12.6. The fourth-order valence-corrected chi connectivity index (χ4v) is 10.5. The summed E-state index contributed by atoms with van der Waals surface area (Å²) in [4.78, 5) is 14.6. The minimum atomic E-state index is -3.92. The Morgan fingerprint density at radius 1 is 1.02 bits per heavy atom. The number of carbonyl (C=O) groups is 1. The van der Waals surface area contributed by atoms with Crippen molar-refractivity contribution in [3.05, 3.63) is 0 Å². The molecule has 4 rings (SSSR count).